The molecule has 2 heteroatoms. The molecule has 0 nitrogen and oxygen atoms in total. The van der Waals surface area contributed by atoms with Crippen molar-refractivity contribution in [2.24, 2.45) is 0 Å². The van der Waals surface area contributed by atoms with Crippen molar-refractivity contribution < 1.29 is 0 Å². The number of rotatable bonds is 27. The number of unbranched alkanes of at least 4 members (excludes halogenated alkanes) is 19. The summed E-state index contributed by atoms with van der Waals surface area (Å²) in [6, 6.07) is 0. The number of hydrogen-bond donors (Lipinski definition) is 0. The first-order valence-corrected chi connectivity index (χ1v) is 20.8. The molecule has 0 rings (SSSR count). The van der Waals surface area contributed by atoms with E-state index < -0.39 is 5.31 Å². The molecule has 0 heterocycles. The third kappa shape index (κ3) is 19.7. The van der Waals surface area contributed by atoms with Gasteiger partial charge in [-0.05, 0) is 0 Å². The average Bonchev–Trinajstić information content (AvgIpc) is 2.81. The van der Waals surface area contributed by atoms with E-state index in [1.54, 1.807) is 24.6 Å². The van der Waals surface area contributed by atoms with Crippen molar-refractivity contribution >= 4 is 20.8 Å². The Morgan fingerprint density at radius 1 is 0.303 bits per heavy atom. The Hall–Kier alpha value is 0.910. The average molecular weight is 550 g/mol. The fourth-order valence-electron chi connectivity index (χ4n) is 5.64. The van der Waals surface area contributed by atoms with Crippen LogP contribution in [-0.4, -0.2) is 24.6 Å². The van der Waals surface area contributed by atoms with Crippen molar-refractivity contribution in [3.63, 3.8) is 0 Å². The fraction of sp³-hybridized carbons (Fsp3) is 1.00. The summed E-state index contributed by atoms with van der Waals surface area (Å²) < 4.78 is 0. The van der Waals surface area contributed by atoms with Crippen LogP contribution in [0.5, 0.6) is 0 Å². The molecule has 0 amide bonds. The Labute approximate surface area is 220 Å². The standard InChI is InChI=1S/C31H66BrP/c1-5-9-13-17-18-19-20-21-22-23-27-31-33(32,28-24-14-10-6-2,29-25-15-11-7-3)30-26-16-12-8-4/h5-31H2,1-4H3. The fourth-order valence-corrected chi connectivity index (χ4v) is 14.0. The molecule has 0 spiro atoms. The van der Waals surface area contributed by atoms with Gasteiger partial charge in [-0.1, -0.05) is 6.92 Å². The van der Waals surface area contributed by atoms with Gasteiger partial charge >= 0.3 is 214 Å². The van der Waals surface area contributed by atoms with Crippen molar-refractivity contribution in [1.82, 2.24) is 0 Å². The van der Waals surface area contributed by atoms with E-state index in [0.717, 1.165) is 0 Å². The molecular formula is C31H66BrP. The summed E-state index contributed by atoms with van der Waals surface area (Å²) in [6.07, 6.45) is 39.5. The van der Waals surface area contributed by atoms with Crippen LogP contribution in [0.3, 0.4) is 0 Å². The van der Waals surface area contributed by atoms with Gasteiger partial charge in [0.15, 0.2) is 0 Å². The summed E-state index contributed by atoms with van der Waals surface area (Å²) >= 11 is 4.70. The molecule has 0 aromatic heterocycles. The monoisotopic (exact) mass is 548 g/mol. The van der Waals surface area contributed by atoms with Gasteiger partial charge in [-0.25, -0.2) is 0 Å². The van der Waals surface area contributed by atoms with Crippen molar-refractivity contribution in [1.29, 1.82) is 0 Å². The van der Waals surface area contributed by atoms with Crippen LogP contribution in [0.15, 0.2) is 0 Å². The molecule has 0 aromatic rings. The number of hydrogen-bond acceptors (Lipinski definition) is 0. The van der Waals surface area contributed by atoms with Gasteiger partial charge in [-0.15, -0.1) is 0 Å². The van der Waals surface area contributed by atoms with Gasteiger partial charge in [0.1, 0.15) is 0 Å². The summed E-state index contributed by atoms with van der Waals surface area (Å²) in [5.41, 5.74) is 0. The third-order valence-corrected chi connectivity index (χ3v) is 18.0. The molecule has 0 saturated carbocycles. The molecule has 33 heavy (non-hydrogen) atoms. The quantitative estimate of drug-likeness (QED) is 0.0706. The topological polar surface area (TPSA) is 0 Å². The Bertz CT molecular complexity index is 360. The van der Waals surface area contributed by atoms with Gasteiger partial charge in [0.2, 0.25) is 0 Å². The van der Waals surface area contributed by atoms with Crippen LogP contribution in [0.2, 0.25) is 0 Å². The van der Waals surface area contributed by atoms with E-state index in [4.69, 9.17) is 15.5 Å². The predicted molar refractivity (Wildman–Crippen MR) is 164 cm³/mol. The van der Waals surface area contributed by atoms with Crippen molar-refractivity contribution in [2.75, 3.05) is 24.6 Å². The molecule has 0 saturated heterocycles. The summed E-state index contributed by atoms with van der Waals surface area (Å²) in [4.78, 5) is 0. The van der Waals surface area contributed by atoms with Crippen LogP contribution < -0.4 is 0 Å². The maximum absolute atomic E-state index is 4.70. The molecule has 0 fully saturated rings. The summed E-state index contributed by atoms with van der Waals surface area (Å²) in [7, 11) is 0. The first-order valence-electron chi connectivity index (χ1n) is 15.8. The van der Waals surface area contributed by atoms with E-state index in [0.29, 0.717) is 0 Å². The molecule has 0 N–H and O–H groups in total. The van der Waals surface area contributed by atoms with Gasteiger partial charge in [0.25, 0.3) is 0 Å². The summed E-state index contributed by atoms with van der Waals surface area (Å²) in [6.45, 7) is 9.38. The zero-order chi connectivity index (χ0) is 24.5. The first-order chi connectivity index (χ1) is 16.0. The number of halogens is 1. The van der Waals surface area contributed by atoms with Crippen LogP contribution in [0.1, 0.15) is 175 Å². The van der Waals surface area contributed by atoms with Gasteiger partial charge in [-0.2, -0.15) is 0 Å². The molecule has 0 aliphatic rings. The van der Waals surface area contributed by atoms with Crippen LogP contribution in [-0.2, 0) is 0 Å². The van der Waals surface area contributed by atoms with Crippen LogP contribution in [0, 0.1) is 0 Å². The molecule has 202 valence electrons. The van der Waals surface area contributed by atoms with Gasteiger partial charge in [0, 0.05) is 0 Å². The normalized spacial score (nSPS) is 13.3. The maximum atomic E-state index is 4.70. The van der Waals surface area contributed by atoms with E-state index in [1.165, 1.54) is 148 Å². The second kappa shape index (κ2) is 23.3. The minimum atomic E-state index is -1.72. The second-order valence-electron chi connectivity index (χ2n) is 11.4. The molecule has 0 radical (unpaired) electrons. The van der Waals surface area contributed by atoms with Crippen LogP contribution >= 0.6 is 20.8 Å². The van der Waals surface area contributed by atoms with E-state index in [1.807, 2.05) is 0 Å². The Balaban J connectivity index is 4.63. The molecule has 0 aliphatic carbocycles. The van der Waals surface area contributed by atoms with E-state index >= 15 is 0 Å². The molecule has 0 bridgehead atoms. The summed E-state index contributed by atoms with van der Waals surface area (Å²) in [5.74, 6) is 0. The van der Waals surface area contributed by atoms with Crippen LogP contribution in [0.25, 0.3) is 0 Å². The Morgan fingerprint density at radius 2 is 0.485 bits per heavy atom. The Morgan fingerprint density at radius 3 is 0.727 bits per heavy atom. The molecule has 0 unspecified atom stereocenters. The Kier molecular flexibility index (Phi) is 24.0. The molecule has 0 atom stereocenters. The van der Waals surface area contributed by atoms with E-state index in [9.17, 15) is 0 Å². The SMILES string of the molecule is CCCCCCCCCCCCCP(Br)(CCCCCC)(CCCCCC)CCCCCC. The predicted octanol–water partition coefficient (Wildman–Crippen LogP) is 12.9. The zero-order valence-electron chi connectivity index (χ0n) is 23.9. The zero-order valence-corrected chi connectivity index (χ0v) is 26.4. The first kappa shape index (κ1) is 33.9. The third-order valence-electron chi connectivity index (χ3n) is 8.03. The van der Waals surface area contributed by atoms with E-state index in [2.05, 4.69) is 27.7 Å². The van der Waals surface area contributed by atoms with Gasteiger partial charge in [0.05, 0.1) is 0 Å². The van der Waals surface area contributed by atoms with Gasteiger partial charge < -0.3 is 0 Å². The second-order valence-corrected chi connectivity index (χ2v) is 22.9. The molecular weight excluding hydrogens is 483 g/mol. The van der Waals surface area contributed by atoms with Crippen molar-refractivity contribution in [3.8, 4) is 0 Å². The van der Waals surface area contributed by atoms with Crippen molar-refractivity contribution in [2.45, 2.75) is 175 Å². The van der Waals surface area contributed by atoms with Crippen LogP contribution in [0.4, 0.5) is 0 Å². The van der Waals surface area contributed by atoms with Gasteiger partial charge in [-0.3, -0.25) is 0 Å². The van der Waals surface area contributed by atoms with E-state index in [-0.39, 0.29) is 0 Å². The molecule has 0 aromatic carbocycles. The van der Waals surface area contributed by atoms with Crippen molar-refractivity contribution in [3.05, 3.63) is 0 Å². The minimum absolute atomic E-state index is 1.36. The summed E-state index contributed by atoms with van der Waals surface area (Å²) in [5, 5.41) is -1.72. The molecule has 0 aliphatic heterocycles.